The van der Waals surface area contributed by atoms with E-state index in [1.807, 2.05) is 58.2 Å². The maximum atomic E-state index is 12.5. The smallest absolute Gasteiger partial charge is 0.310 e. The molecule has 0 aliphatic heterocycles. The normalized spacial score (nSPS) is 11.4. The number of carbonyl (C=O) groups is 1. The number of thiazole rings is 1. The lowest BCUT2D eigenvalue weighted by atomic mass is 9.93. The van der Waals surface area contributed by atoms with Crippen LogP contribution in [-0.2, 0) is 23.0 Å². The van der Waals surface area contributed by atoms with E-state index in [0.717, 1.165) is 59.9 Å². The summed E-state index contributed by atoms with van der Waals surface area (Å²) < 4.78 is 8.41. The van der Waals surface area contributed by atoms with E-state index in [1.54, 1.807) is 11.3 Å². The predicted molar refractivity (Wildman–Crippen MR) is 140 cm³/mol. The molecule has 0 N–H and O–H groups in total. The lowest BCUT2D eigenvalue weighted by molar-refractivity contribution is -0.142. The Morgan fingerprint density at radius 3 is 2.50 bits per heavy atom. The van der Waals surface area contributed by atoms with Crippen LogP contribution in [0.25, 0.3) is 42.9 Å². The number of carbonyl (C=O) groups excluding carboxylic acids is 1. The number of aryl methyl sites for hydroxylation is 3. The van der Waals surface area contributed by atoms with E-state index in [2.05, 4.69) is 27.8 Å². The van der Waals surface area contributed by atoms with Crippen LogP contribution in [0.5, 0.6) is 0 Å². The summed E-state index contributed by atoms with van der Waals surface area (Å²) in [5.74, 6) is 0.739. The number of benzene rings is 3. The number of rotatable bonds is 5. The molecule has 0 spiro atoms. The molecule has 0 fully saturated rings. The van der Waals surface area contributed by atoms with Crippen molar-refractivity contribution in [1.29, 1.82) is 0 Å². The molecule has 0 radical (unpaired) electrons. The van der Waals surface area contributed by atoms with Crippen LogP contribution in [0.4, 0.5) is 0 Å². The van der Waals surface area contributed by atoms with E-state index in [9.17, 15) is 4.79 Å². The summed E-state index contributed by atoms with van der Waals surface area (Å²) in [6.07, 6.45) is 0.209. The summed E-state index contributed by atoms with van der Waals surface area (Å²) in [5, 5.41) is 1.60. The van der Waals surface area contributed by atoms with Gasteiger partial charge < -0.3 is 9.30 Å². The minimum atomic E-state index is -0.234. The maximum absolute atomic E-state index is 12.5. The summed E-state index contributed by atoms with van der Waals surface area (Å²) >= 11 is 7.80. The molecule has 3 aromatic carbocycles. The Balaban J connectivity index is 1.72. The highest BCUT2D eigenvalue weighted by Crippen LogP contribution is 2.41. The molecule has 0 saturated heterocycles. The second kappa shape index (κ2) is 8.85. The van der Waals surface area contributed by atoms with E-state index in [4.69, 9.17) is 21.3 Å². The van der Waals surface area contributed by atoms with Gasteiger partial charge in [0.15, 0.2) is 0 Å². The number of halogens is 1. The fourth-order valence-corrected chi connectivity index (χ4v) is 5.57. The number of esters is 1. The van der Waals surface area contributed by atoms with Gasteiger partial charge in [-0.05, 0) is 73.9 Å². The first-order chi connectivity index (χ1) is 16.4. The number of imidazole rings is 1. The number of hydrogen-bond donors (Lipinski definition) is 0. The zero-order valence-electron chi connectivity index (χ0n) is 19.5. The molecule has 172 valence electrons. The largest absolute Gasteiger partial charge is 0.466 e. The van der Waals surface area contributed by atoms with E-state index < -0.39 is 0 Å². The molecule has 2 heterocycles. The summed E-state index contributed by atoms with van der Waals surface area (Å²) in [6.45, 7) is 6.21. The third kappa shape index (κ3) is 3.97. The van der Waals surface area contributed by atoms with E-state index in [0.29, 0.717) is 11.6 Å². The van der Waals surface area contributed by atoms with Gasteiger partial charge >= 0.3 is 5.97 Å². The quantitative estimate of drug-likeness (QED) is 0.252. The number of nitrogens with zero attached hydrogens (tertiary/aromatic N) is 3. The third-order valence-corrected chi connectivity index (χ3v) is 7.51. The Labute approximate surface area is 207 Å². The minimum absolute atomic E-state index is 0.209. The van der Waals surface area contributed by atoms with Crippen molar-refractivity contribution in [3.05, 3.63) is 70.5 Å². The van der Waals surface area contributed by atoms with Gasteiger partial charge in [0, 0.05) is 23.2 Å². The Kier molecular flexibility index (Phi) is 5.88. The van der Waals surface area contributed by atoms with Crippen molar-refractivity contribution in [2.45, 2.75) is 27.2 Å². The standard InChI is InChI=1S/C27H24ClN3O2S/c1-5-33-24(32)14-20-15(2)12-22-26(25(20)17-6-9-19(28)10-7-17)34-27(30-22)18-8-11-21-23(13-18)31(4)16(3)29-21/h6-13H,5,14H2,1-4H3. The SMILES string of the molecule is CCOC(=O)Cc1c(C)cc2nc(-c3ccc4nc(C)n(C)c4c3)sc2c1-c1ccc(Cl)cc1. The van der Waals surface area contributed by atoms with Crippen LogP contribution in [0.2, 0.25) is 5.02 Å². The first kappa shape index (κ1) is 22.6. The zero-order valence-corrected chi connectivity index (χ0v) is 21.0. The first-order valence-electron chi connectivity index (χ1n) is 11.1. The Morgan fingerprint density at radius 2 is 1.76 bits per heavy atom. The molecule has 2 aromatic heterocycles. The van der Waals surface area contributed by atoms with Crippen molar-refractivity contribution in [3.63, 3.8) is 0 Å². The molecule has 0 aliphatic carbocycles. The Hall–Kier alpha value is -3.22. The van der Waals surface area contributed by atoms with Gasteiger partial charge in [-0.1, -0.05) is 23.7 Å². The fourth-order valence-electron chi connectivity index (χ4n) is 4.31. The van der Waals surface area contributed by atoms with Crippen LogP contribution in [-0.4, -0.2) is 27.1 Å². The summed E-state index contributed by atoms with van der Waals surface area (Å²) in [6, 6.07) is 16.1. The van der Waals surface area contributed by atoms with Gasteiger partial charge in [-0.2, -0.15) is 0 Å². The number of hydrogen-bond acceptors (Lipinski definition) is 5. The van der Waals surface area contributed by atoms with Crippen LogP contribution >= 0.6 is 22.9 Å². The number of aromatic nitrogens is 3. The van der Waals surface area contributed by atoms with Gasteiger partial charge in [0.25, 0.3) is 0 Å². The van der Waals surface area contributed by atoms with Crippen molar-refractivity contribution >= 4 is 50.2 Å². The second-order valence-electron chi connectivity index (χ2n) is 8.32. The topological polar surface area (TPSA) is 57.0 Å². The molecule has 0 aliphatic rings. The summed E-state index contributed by atoms with van der Waals surface area (Å²) in [4.78, 5) is 22.1. The highest BCUT2D eigenvalue weighted by atomic mass is 35.5. The molecule has 5 nitrogen and oxygen atoms in total. The predicted octanol–water partition coefficient (Wildman–Crippen LogP) is 6.89. The van der Waals surface area contributed by atoms with Crippen molar-refractivity contribution in [2.75, 3.05) is 6.61 Å². The van der Waals surface area contributed by atoms with Gasteiger partial charge in [0.1, 0.15) is 10.8 Å². The molecule has 7 heteroatoms. The van der Waals surface area contributed by atoms with Crippen LogP contribution in [0.1, 0.15) is 23.9 Å². The van der Waals surface area contributed by atoms with Crippen LogP contribution in [0, 0.1) is 13.8 Å². The average molecular weight is 490 g/mol. The van der Waals surface area contributed by atoms with Crippen molar-refractivity contribution in [1.82, 2.24) is 14.5 Å². The average Bonchev–Trinajstić information content (AvgIpc) is 3.35. The fraction of sp³-hybridized carbons (Fsp3) is 0.222. The monoisotopic (exact) mass is 489 g/mol. The van der Waals surface area contributed by atoms with Gasteiger partial charge in [-0.15, -0.1) is 11.3 Å². The van der Waals surface area contributed by atoms with E-state index in [-0.39, 0.29) is 12.4 Å². The van der Waals surface area contributed by atoms with Gasteiger partial charge in [-0.25, -0.2) is 9.97 Å². The summed E-state index contributed by atoms with van der Waals surface area (Å²) in [7, 11) is 2.02. The molecule has 0 amide bonds. The van der Waals surface area contributed by atoms with E-state index >= 15 is 0 Å². The Bertz CT molecular complexity index is 1550. The number of ether oxygens (including phenoxy) is 1. The molecule has 0 saturated carbocycles. The maximum Gasteiger partial charge on any atom is 0.310 e. The third-order valence-electron chi connectivity index (χ3n) is 6.12. The summed E-state index contributed by atoms with van der Waals surface area (Å²) in [5.41, 5.74) is 8.00. The molecule has 0 unspecified atom stereocenters. The molecule has 34 heavy (non-hydrogen) atoms. The van der Waals surface area contributed by atoms with Crippen LogP contribution in [0.3, 0.4) is 0 Å². The van der Waals surface area contributed by atoms with E-state index in [1.165, 1.54) is 0 Å². The number of fused-ring (bicyclic) bond motifs is 2. The minimum Gasteiger partial charge on any atom is -0.466 e. The second-order valence-corrected chi connectivity index (χ2v) is 9.76. The van der Waals surface area contributed by atoms with Gasteiger partial charge in [-0.3, -0.25) is 4.79 Å². The lowest BCUT2D eigenvalue weighted by Crippen LogP contribution is -2.09. The molecule has 0 bridgehead atoms. The molecule has 5 rings (SSSR count). The van der Waals surface area contributed by atoms with Crippen molar-refractivity contribution < 1.29 is 9.53 Å². The van der Waals surface area contributed by atoms with Crippen molar-refractivity contribution in [3.8, 4) is 21.7 Å². The molecule has 5 aromatic rings. The highest BCUT2D eigenvalue weighted by Gasteiger charge is 2.20. The zero-order chi connectivity index (χ0) is 24.0. The highest BCUT2D eigenvalue weighted by molar-refractivity contribution is 7.22. The molecule has 0 atom stereocenters. The van der Waals surface area contributed by atoms with Crippen LogP contribution in [0.15, 0.2) is 48.5 Å². The van der Waals surface area contributed by atoms with Gasteiger partial charge in [0.05, 0.1) is 34.3 Å². The van der Waals surface area contributed by atoms with Crippen molar-refractivity contribution in [2.24, 2.45) is 7.05 Å². The van der Waals surface area contributed by atoms with Crippen LogP contribution < -0.4 is 0 Å². The first-order valence-corrected chi connectivity index (χ1v) is 12.3. The lowest BCUT2D eigenvalue weighted by Gasteiger charge is -2.14. The molecular weight excluding hydrogens is 466 g/mol. The van der Waals surface area contributed by atoms with Gasteiger partial charge in [0.2, 0.25) is 0 Å². The Morgan fingerprint density at radius 1 is 1.03 bits per heavy atom. The molecular formula is C27H24ClN3O2S.